The quantitative estimate of drug-likeness (QED) is 0.136. The Bertz CT molecular complexity index is 259. The third-order valence-corrected chi connectivity index (χ3v) is 6.07. The topological polar surface area (TPSA) is 0 Å². The Kier molecular flexibility index (Phi) is 24.5. The average molecular weight is 455 g/mol. The Hall–Kier alpha value is 0.730. The third-order valence-electron chi connectivity index (χ3n) is 5.51. The maximum absolute atomic E-state index is 3.54. The lowest BCUT2D eigenvalue weighted by atomic mass is 10.0. The first-order valence-corrected chi connectivity index (χ1v) is 12.6. The van der Waals surface area contributed by atoms with Crippen LogP contribution in [-0.2, 0) is 0 Å². The molecule has 0 aromatic rings. The SMILES string of the molecule is CCCCCCCCCCCCCCCCCC[N+](C)(C)CCCBr.[Cl-]. The molecule has 0 unspecified atom stereocenters. The molecule has 160 valence electrons. The Morgan fingerprint density at radius 3 is 1.15 bits per heavy atom. The van der Waals surface area contributed by atoms with Gasteiger partial charge in [-0.15, -0.1) is 0 Å². The van der Waals surface area contributed by atoms with Crippen LogP contribution < -0.4 is 12.4 Å². The summed E-state index contributed by atoms with van der Waals surface area (Å²) in [6, 6.07) is 0. The monoisotopic (exact) mass is 453 g/mol. The van der Waals surface area contributed by atoms with Crippen molar-refractivity contribution in [1.82, 2.24) is 0 Å². The zero-order chi connectivity index (χ0) is 18.6. The van der Waals surface area contributed by atoms with Crippen molar-refractivity contribution in [3.8, 4) is 0 Å². The lowest BCUT2D eigenvalue weighted by Gasteiger charge is -2.29. The molecule has 3 heteroatoms. The Labute approximate surface area is 181 Å². The number of rotatable bonds is 20. The van der Waals surface area contributed by atoms with Crippen LogP contribution in [0.2, 0.25) is 0 Å². The fourth-order valence-corrected chi connectivity index (χ4v) is 3.94. The van der Waals surface area contributed by atoms with Crippen LogP contribution in [-0.4, -0.2) is 37.0 Å². The molecule has 0 radical (unpaired) electrons. The van der Waals surface area contributed by atoms with Gasteiger partial charge in [0.1, 0.15) is 0 Å². The maximum atomic E-state index is 3.54. The summed E-state index contributed by atoms with van der Waals surface area (Å²) < 4.78 is 1.20. The molecule has 1 nitrogen and oxygen atoms in total. The van der Waals surface area contributed by atoms with Gasteiger partial charge in [-0.3, -0.25) is 0 Å². The van der Waals surface area contributed by atoms with Crippen molar-refractivity contribution >= 4 is 15.9 Å². The fourth-order valence-electron chi connectivity index (χ4n) is 3.69. The van der Waals surface area contributed by atoms with Crippen LogP contribution in [0.1, 0.15) is 116 Å². The van der Waals surface area contributed by atoms with Gasteiger partial charge in [0, 0.05) is 11.8 Å². The maximum Gasteiger partial charge on any atom is 0.0790 e. The summed E-state index contributed by atoms with van der Waals surface area (Å²) in [6.07, 6.45) is 24.6. The molecule has 0 N–H and O–H groups in total. The van der Waals surface area contributed by atoms with Crippen LogP contribution in [0, 0.1) is 0 Å². The first-order chi connectivity index (χ1) is 12.1. The number of nitrogens with zero attached hydrogens (tertiary/aromatic N) is 1. The van der Waals surface area contributed by atoms with E-state index < -0.39 is 0 Å². The third kappa shape index (κ3) is 22.8. The zero-order valence-electron chi connectivity index (χ0n) is 18.3. The summed E-state index contributed by atoms with van der Waals surface area (Å²) in [7, 11) is 4.77. The van der Waals surface area contributed by atoms with Crippen LogP contribution in [0.5, 0.6) is 0 Å². The molecule has 0 aromatic heterocycles. The van der Waals surface area contributed by atoms with Gasteiger partial charge in [-0.2, -0.15) is 0 Å². The molecule has 0 aliphatic rings. The highest BCUT2D eigenvalue weighted by molar-refractivity contribution is 9.09. The number of quaternary nitrogens is 1. The van der Waals surface area contributed by atoms with Crippen molar-refractivity contribution in [2.75, 3.05) is 32.5 Å². The molecular formula is C23H49BrClN. The minimum Gasteiger partial charge on any atom is -1.00 e. The Morgan fingerprint density at radius 1 is 0.500 bits per heavy atom. The van der Waals surface area contributed by atoms with E-state index in [1.165, 1.54) is 127 Å². The fraction of sp³-hybridized carbons (Fsp3) is 1.00. The summed E-state index contributed by atoms with van der Waals surface area (Å²) in [6.45, 7) is 4.96. The van der Waals surface area contributed by atoms with Crippen LogP contribution in [0.25, 0.3) is 0 Å². The number of alkyl halides is 1. The number of halogens is 2. The molecule has 0 amide bonds. The lowest BCUT2D eigenvalue weighted by Crippen LogP contribution is -3.00. The number of hydrogen-bond donors (Lipinski definition) is 0. The Morgan fingerprint density at radius 2 is 0.808 bits per heavy atom. The summed E-state index contributed by atoms with van der Waals surface area (Å²) in [5.74, 6) is 0. The van der Waals surface area contributed by atoms with E-state index in [1.807, 2.05) is 0 Å². The normalized spacial score (nSPS) is 11.5. The van der Waals surface area contributed by atoms with Gasteiger partial charge in [0.15, 0.2) is 0 Å². The van der Waals surface area contributed by atoms with E-state index in [4.69, 9.17) is 0 Å². The molecule has 0 bridgehead atoms. The largest absolute Gasteiger partial charge is 1.00 e. The first kappa shape index (κ1) is 28.9. The van der Waals surface area contributed by atoms with Crippen LogP contribution >= 0.6 is 15.9 Å². The summed E-state index contributed by atoms with van der Waals surface area (Å²) in [5.41, 5.74) is 0. The number of hydrogen-bond acceptors (Lipinski definition) is 0. The van der Waals surface area contributed by atoms with Gasteiger partial charge in [0.05, 0.1) is 27.2 Å². The van der Waals surface area contributed by atoms with E-state index >= 15 is 0 Å². The predicted molar refractivity (Wildman–Crippen MR) is 120 cm³/mol. The van der Waals surface area contributed by atoms with E-state index in [2.05, 4.69) is 36.9 Å². The molecule has 0 saturated heterocycles. The van der Waals surface area contributed by atoms with Crippen molar-refractivity contribution in [2.45, 2.75) is 116 Å². The second kappa shape index (κ2) is 22.0. The second-order valence-electron chi connectivity index (χ2n) is 8.73. The summed E-state index contributed by atoms with van der Waals surface area (Å²) >= 11 is 3.54. The van der Waals surface area contributed by atoms with Crippen molar-refractivity contribution in [3.63, 3.8) is 0 Å². The predicted octanol–water partition coefficient (Wildman–Crippen LogP) is 5.11. The van der Waals surface area contributed by atoms with Crippen molar-refractivity contribution < 1.29 is 16.9 Å². The molecule has 0 aliphatic carbocycles. The molecule has 0 fully saturated rings. The molecule has 0 saturated carbocycles. The van der Waals surface area contributed by atoms with E-state index in [0.717, 1.165) is 5.33 Å². The number of unbranched alkanes of at least 4 members (excludes halogenated alkanes) is 15. The average Bonchev–Trinajstić information content (AvgIpc) is 2.59. The molecule has 0 aliphatic heterocycles. The van der Waals surface area contributed by atoms with Crippen LogP contribution in [0.3, 0.4) is 0 Å². The summed E-state index contributed by atoms with van der Waals surface area (Å²) in [4.78, 5) is 0. The molecule has 0 rings (SSSR count). The van der Waals surface area contributed by atoms with Gasteiger partial charge < -0.3 is 16.9 Å². The van der Waals surface area contributed by atoms with Gasteiger partial charge in [0.2, 0.25) is 0 Å². The van der Waals surface area contributed by atoms with Gasteiger partial charge in [0.25, 0.3) is 0 Å². The van der Waals surface area contributed by atoms with Crippen LogP contribution in [0.4, 0.5) is 0 Å². The zero-order valence-corrected chi connectivity index (χ0v) is 20.7. The van der Waals surface area contributed by atoms with Crippen LogP contribution in [0.15, 0.2) is 0 Å². The second-order valence-corrected chi connectivity index (χ2v) is 9.52. The van der Waals surface area contributed by atoms with E-state index in [-0.39, 0.29) is 12.4 Å². The van der Waals surface area contributed by atoms with E-state index in [0.29, 0.717) is 0 Å². The molecule has 0 spiro atoms. The van der Waals surface area contributed by atoms with Crippen molar-refractivity contribution in [1.29, 1.82) is 0 Å². The van der Waals surface area contributed by atoms with Gasteiger partial charge in [-0.1, -0.05) is 113 Å². The lowest BCUT2D eigenvalue weighted by molar-refractivity contribution is -0.890. The van der Waals surface area contributed by atoms with Crippen molar-refractivity contribution in [2.24, 2.45) is 0 Å². The molecule has 26 heavy (non-hydrogen) atoms. The van der Waals surface area contributed by atoms with Gasteiger partial charge >= 0.3 is 0 Å². The standard InChI is InChI=1S/C23H49BrN.ClH/c1-4-5-6-7-8-9-10-11-12-13-14-15-16-17-18-19-22-25(2,3)23-20-21-24;/h4-23H2,1-3H3;1H/q+1;/p-1. The van der Waals surface area contributed by atoms with E-state index in [1.54, 1.807) is 0 Å². The van der Waals surface area contributed by atoms with Gasteiger partial charge in [-0.25, -0.2) is 0 Å². The Balaban J connectivity index is 0. The molecule has 0 atom stereocenters. The smallest absolute Gasteiger partial charge is 0.0790 e. The van der Waals surface area contributed by atoms with E-state index in [9.17, 15) is 0 Å². The highest BCUT2D eigenvalue weighted by atomic mass is 79.9. The summed E-state index contributed by atoms with van der Waals surface area (Å²) in [5, 5.41) is 1.15. The first-order valence-electron chi connectivity index (χ1n) is 11.5. The highest BCUT2D eigenvalue weighted by Gasteiger charge is 2.12. The minimum atomic E-state index is 0. The van der Waals surface area contributed by atoms with Gasteiger partial charge in [-0.05, 0) is 12.8 Å². The van der Waals surface area contributed by atoms with Crippen molar-refractivity contribution in [3.05, 3.63) is 0 Å². The highest BCUT2D eigenvalue weighted by Crippen LogP contribution is 2.14. The molecule has 0 aromatic carbocycles. The molecule has 0 heterocycles. The minimum absolute atomic E-state index is 0. The molecular weight excluding hydrogens is 406 g/mol.